The highest BCUT2D eigenvalue weighted by Crippen LogP contribution is 2.19. The Morgan fingerprint density at radius 1 is 1.29 bits per heavy atom. The molecule has 4 heteroatoms. The molecule has 0 atom stereocenters. The highest BCUT2D eigenvalue weighted by Gasteiger charge is 2.08. The zero-order valence-corrected chi connectivity index (χ0v) is 11.4. The summed E-state index contributed by atoms with van der Waals surface area (Å²) in [6, 6.07) is 4.88. The molecule has 0 aromatic heterocycles. The van der Waals surface area contributed by atoms with Crippen molar-refractivity contribution >= 4 is 43.5 Å². The summed E-state index contributed by atoms with van der Waals surface area (Å²) in [5, 5.41) is 2.05. The molecule has 0 saturated carbocycles. The van der Waals surface area contributed by atoms with E-state index in [-0.39, 0.29) is 10.8 Å². The maximum atomic E-state index is 12.8. The van der Waals surface area contributed by atoms with Crippen molar-refractivity contribution in [3.63, 3.8) is 0 Å². The van der Waals surface area contributed by atoms with Crippen LogP contribution < -0.4 is 0 Å². The van der Waals surface area contributed by atoms with Gasteiger partial charge in [-0.3, -0.25) is 0 Å². The van der Waals surface area contributed by atoms with Crippen LogP contribution in [0.3, 0.4) is 0 Å². The highest BCUT2D eigenvalue weighted by atomic mass is 79.9. The van der Waals surface area contributed by atoms with E-state index in [0.717, 1.165) is 22.6 Å². The van der Waals surface area contributed by atoms with Gasteiger partial charge in [0.25, 0.3) is 0 Å². The first-order chi connectivity index (χ1) is 6.67. The molecule has 0 amide bonds. The Balaban J connectivity index is 2.72. The monoisotopic (exact) mass is 342 g/mol. The lowest BCUT2D eigenvalue weighted by molar-refractivity contribution is 0.624. The molecule has 1 aromatic carbocycles. The summed E-state index contributed by atoms with van der Waals surface area (Å²) in [7, 11) is 0. The largest absolute Gasteiger partial charge is 0.205 e. The van der Waals surface area contributed by atoms with Gasteiger partial charge in [-0.1, -0.05) is 49.5 Å². The van der Waals surface area contributed by atoms with Crippen molar-refractivity contribution in [1.29, 1.82) is 0 Å². The van der Waals surface area contributed by atoms with Crippen molar-refractivity contribution in [2.24, 2.45) is 5.92 Å². The average Bonchev–Trinajstić information content (AvgIpc) is 2.19. The molecule has 0 heterocycles. The Morgan fingerprint density at radius 2 is 1.93 bits per heavy atom. The highest BCUT2D eigenvalue weighted by molar-refractivity contribution is 9.09. The first-order valence-corrected chi connectivity index (χ1v) is 6.85. The predicted molar refractivity (Wildman–Crippen MR) is 66.2 cm³/mol. The van der Waals surface area contributed by atoms with Gasteiger partial charge in [0.2, 0.25) is 0 Å². The van der Waals surface area contributed by atoms with Crippen LogP contribution in [0, 0.1) is 11.7 Å². The molecule has 0 spiro atoms. The van der Waals surface area contributed by atoms with Crippen molar-refractivity contribution < 1.29 is 4.39 Å². The van der Waals surface area contributed by atoms with Gasteiger partial charge in [-0.2, -0.15) is 0 Å². The van der Waals surface area contributed by atoms with Gasteiger partial charge in [0, 0.05) is 10.7 Å². The van der Waals surface area contributed by atoms with E-state index < -0.39 is 0 Å². The number of hydrogen-bond donors (Lipinski definition) is 0. The molecule has 0 aliphatic carbocycles. The standard InChI is InChI=1S/C10H10Br2ClF/c11-5-8(6-12)3-7-1-2-10(14)9(13)4-7/h1-2,4,8H,3,5-6H2. The van der Waals surface area contributed by atoms with Gasteiger partial charge in [-0.05, 0) is 30.0 Å². The molecule has 1 aromatic rings. The van der Waals surface area contributed by atoms with E-state index in [9.17, 15) is 4.39 Å². The quantitative estimate of drug-likeness (QED) is 0.709. The van der Waals surface area contributed by atoms with Crippen LogP contribution in [0.5, 0.6) is 0 Å². The minimum absolute atomic E-state index is 0.199. The molecule has 0 unspecified atom stereocenters. The van der Waals surface area contributed by atoms with E-state index in [1.54, 1.807) is 12.1 Å². The summed E-state index contributed by atoms with van der Waals surface area (Å²) in [6.45, 7) is 0. The molecule has 0 N–H and O–H groups in total. The Hall–Kier alpha value is 0.400. The number of hydrogen-bond acceptors (Lipinski definition) is 0. The molecule has 0 aliphatic heterocycles. The van der Waals surface area contributed by atoms with Gasteiger partial charge in [0.15, 0.2) is 0 Å². The zero-order chi connectivity index (χ0) is 10.6. The lowest BCUT2D eigenvalue weighted by Gasteiger charge is -2.10. The van der Waals surface area contributed by atoms with Crippen molar-refractivity contribution in [3.8, 4) is 0 Å². The Bertz CT molecular complexity index is 300. The second-order valence-electron chi connectivity index (χ2n) is 3.13. The van der Waals surface area contributed by atoms with E-state index in [4.69, 9.17) is 11.6 Å². The summed E-state index contributed by atoms with van der Waals surface area (Å²) >= 11 is 12.5. The van der Waals surface area contributed by atoms with Crippen molar-refractivity contribution in [3.05, 3.63) is 34.6 Å². The van der Waals surface area contributed by atoms with Crippen LogP contribution in [0.25, 0.3) is 0 Å². The van der Waals surface area contributed by atoms with Crippen molar-refractivity contribution in [2.75, 3.05) is 10.7 Å². The van der Waals surface area contributed by atoms with Gasteiger partial charge in [0.1, 0.15) is 5.82 Å². The third-order valence-electron chi connectivity index (χ3n) is 1.94. The van der Waals surface area contributed by atoms with Crippen molar-refractivity contribution in [2.45, 2.75) is 6.42 Å². The van der Waals surface area contributed by atoms with Crippen LogP contribution in [-0.2, 0) is 6.42 Å². The predicted octanol–water partition coefficient (Wildman–Crippen LogP) is 4.43. The topological polar surface area (TPSA) is 0 Å². The molecule has 0 aliphatic rings. The second-order valence-corrected chi connectivity index (χ2v) is 4.83. The van der Waals surface area contributed by atoms with E-state index in [2.05, 4.69) is 31.9 Å². The maximum absolute atomic E-state index is 12.8. The van der Waals surface area contributed by atoms with Gasteiger partial charge < -0.3 is 0 Å². The van der Waals surface area contributed by atoms with Crippen LogP contribution in [0.1, 0.15) is 5.56 Å². The van der Waals surface area contributed by atoms with Crippen LogP contribution in [0.15, 0.2) is 18.2 Å². The molecule has 78 valence electrons. The molecule has 0 fully saturated rings. The summed E-state index contributed by atoms with van der Waals surface area (Å²) in [5.74, 6) is 0.154. The smallest absolute Gasteiger partial charge is 0.141 e. The zero-order valence-electron chi connectivity index (χ0n) is 7.44. The van der Waals surface area contributed by atoms with Gasteiger partial charge in [-0.15, -0.1) is 0 Å². The minimum atomic E-state index is -0.357. The molecule has 0 saturated heterocycles. The SMILES string of the molecule is Fc1ccc(CC(CBr)CBr)cc1Cl. The van der Waals surface area contributed by atoms with Gasteiger partial charge >= 0.3 is 0 Å². The Kier molecular flexibility index (Phi) is 5.42. The van der Waals surface area contributed by atoms with E-state index in [1.807, 2.05) is 0 Å². The summed E-state index contributed by atoms with van der Waals surface area (Å²) in [5.41, 5.74) is 1.07. The summed E-state index contributed by atoms with van der Waals surface area (Å²) in [6.07, 6.45) is 0.899. The second kappa shape index (κ2) is 6.09. The normalized spacial score (nSPS) is 10.9. The van der Waals surface area contributed by atoms with Crippen LogP contribution in [0.4, 0.5) is 4.39 Å². The third kappa shape index (κ3) is 3.52. The van der Waals surface area contributed by atoms with Crippen LogP contribution in [0.2, 0.25) is 5.02 Å². The van der Waals surface area contributed by atoms with E-state index in [1.165, 1.54) is 6.07 Å². The number of alkyl halides is 2. The molecular weight excluding hydrogens is 334 g/mol. The van der Waals surface area contributed by atoms with E-state index in [0.29, 0.717) is 5.92 Å². The molecule has 0 nitrogen and oxygen atoms in total. The molecule has 14 heavy (non-hydrogen) atoms. The van der Waals surface area contributed by atoms with Crippen molar-refractivity contribution in [1.82, 2.24) is 0 Å². The van der Waals surface area contributed by atoms with Gasteiger partial charge in [-0.25, -0.2) is 4.39 Å². The molecule has 0 bridgehead atoms. The first kappa shape index (κ1) is 12.5. The Morgan fingerprint density at radius 3 is 2.43 bits per heavy atom. The summed E-state index contributed by atoms with van der Waals surface area (Å²) < 4.78 is 12.8. The third-order valence-corrected chi connectivity index (χ3v) is 4.07. The summed E-state index contributed by atoms with van der Waals surface area (Å²) in [4.78, 5) is 0. The number of halogens is 4. The minimum Gasteiger partial charge on any atom is -0.205 e. The van der Waals surface area contributed by atoms with Gasteiger partial charge in [0.05, 0.1) is 5.02 Å². The number of rotatable bonds is 4. The van der Waals surface area contributed by atoms with Crippen LogP contribution >= 0.6 is 43.5 Å². The fourth-order valence-electron chi connectivity index (χ4n) is 1.15. The Labute approximate surface area is 105 Å². The number of benzene rings is 1. The average molecular weight is 344 g/mol. The fourth-order valence-corrected chi connectivity index (χ4v) is 2.88. The van der Waals surface area contributed by atoms with E-state index >= 15 is 0 Å². The maximum Gasteiger partial charge on any atom is 0.141 e. The molecule has 1 rings (SSSR count). The molecular formula is C10H10Br2ClF. The van der Waals surface area contributed by atoms with Crippen LogP contribution in [-0.4, -0.2) is 10.7 Å². The fraction of sp³-hybridized carbons (Fsp3) is 0.400. The first-order valence-electron chi connectivity index (χ1n) is 4.23. The lowest BCUT2D eigenvalue weighted by Crippen LogP contribution is -2.07. The lowest BCUT2D eigenvalue weighted by atomic mass is 10.0. The molecule has 0 radical (unpaired) electrons.